The molecule has 1 atom stereocenters. The molecule has 2 aliphatic rings. The number of amides is 1. The van der Waals surface area contributed by atoms with Crippen LogP contribution >= 0.6 is 0 Å². The van der Waals surface area contributed by atoms with Gasteiger partial charge in [-0.1, -0.05) is 12.8 Å². The summed E-state index contributed by atoms with van der Waals surface area (Å²) < 4.78 is 23.5. The second-order valence-corrected chi connectivity index (χ2v) is 6.77. The zero-order chi connectivity index (χ0) is 18.7. The van der Waals surface area contributed by atoms with Crippen molar-refractivity contribution in [3.8, 4) is 5.75 Å². The number of esters is 1. The molecule has 1 saturated heterocycles. The molecule has 6 nitrogen and oxygen atoms in total. The third-order valence-corrected chi connectivity index (χ3v) is 5.08. The number of likely N-dealkylation sites (tertiary alicyclic amines) is 1. The molecule has 0 bridgehead atoms. The average molecular weight is 363 g/mol. The topological polar surface area (TPSA) is 72.9 Å². The van der Waals surface area contributed by atoms with Crippen molar-refractivity contribution in [1.82, 2.24) is 4.90 Å². The van der Waals surface area contributed by atoms with E-state index >= 15 is 0 Å². The summed E-state index contributed by atoms with van der Waals surface area (Å²) in [5, 5.41) is 0. The molecule has 1 saturated carbocycles. The first-order valence-electron chi connectivity index (χ1n) is 8.82. The highest BCUT2D eigenvalue weighted by Gasteiger charge is 2.39. The van der Waals surface area contributed by atoms with Crippen LogP contribution in [0.15, 0.2) is 18.2 Å². The smallest absolute Gasteiger partial charge is 0.311 e. The van der Waals surface area contributed by atoms with Gasteiger partial charge in [-0.2, -0.15) is 0 Å². The minimum atomic E-state index is -0.654. The van der Waals surface area contributed by atoms with Crippen LogP contribution < -0.4 is 4.74 Å². The number of hydrogen-bond acceptors (Lipinski definition) is 5. The maximum atomic E-state index is 13.7. The van der Waals surface area contributed by atoms with Crippen LogP contribution in [0.3, 0.4) is 0 Å². The van der Waals surface area contributed by atoms with Crippen molar-refractivity contribution >= 4 is 17.7 Å². The third-order valence-electron chi connectivity index (χ3n) is 5.08. The zero-order valence-electron chi connectivity index (χ0n) is 14.7. The number of halogens is 1. The first-order valence-corrected chi connectivity index (χ1v) is 8.82. The highest BCUT2D eigenvalue weighted by Crippen LogP contribution is 2.30. The van der Waals surface area contributed by atoms with Gasteiger partial charge in [-0.15, -0.1) is 0 Å². The van der Waals surface area contributed by atoms with Gasteiger partial charge >= 0.3 is 5.97 Å². The Morgan fingerprint density at radius 3 is 2.65 bits per heavy atom. The molecule has 1 aliphatic carbocycles. The summed E-state index contributed by atoms with van der Waals surface area (Å²) in [4.78, 5) is 38.2. The van der Waals surface area contributed by atoms with E-state index in [0.717, 1.165) is 31.7 Å². The van der Waals surface area contributed by atoms with E-state index in [-0.39, 0.29) is 29.7 Å². The van der Waals surface area contributed by atoms with Crippen LogP contribution in [0.1, 0.15) is 42.5 Å². The normalized spacial score (nSPS) is 20.5. The molecule has 0 unspecified atom stereocenters. The SMILES string of the molecule is COc1ccc(C(=O)COC(=O)[C@H]2CC(=O)N(C3CCCC3)C2)cc1F. The monoisotopic (exact) mass is 363 g/mol. The van der Waals surface area contributed by atoms with Gasteiger partial charge in [0.25, 0.3) is 0 Å². The molecule has 1 amide bonds. The predicted molar refractivity (Wildman–Crippen MR) is 90.3 cm³/mol. The van der Waals surface area contributed by atoms with E-state index in [0.29, 0.717) is 6.54 Å². The zero-order valence-corrected chi connectivity index (χ0v) is 14.7. The van der Waals surface area contributed by atoms with E-state index < -0.39 is 30.1 Å². The third kappa shape index (κ3) is 3.86. The van der Waals surface area contributed by atoms with E-state index in [1.54, 1.807) is 4.90 Å². The Balaban J connectivity index is 1.53. The number of carbonyl (C=O) groups is 3. The number of nitrogens with zero attached hydrogens (tertiary/aromatic N) is 1. The first-order chi connectivity index (χ1) is 12.5. The molecule has 1 aromatic rings. The van der Waals surface area contributed by atoms with Gasteiger partial charge in [-0.05, 0) is 31.0 Å². The molecule has 2 fully saturated rings. The summed E-state index contributed by atoms with van der Waals surface area (Å²) in [5.74, 6) is -2.24. The quantitative estimate of drug-likeness (QED) is 0.573. The van der Waals surface area contributed by atoms with Crippen molar-refractivity contribution in [3.05, 3.63) is 29.6 Å². The lowest BCUT2D eigenvalue weighted by atomic mass is 10.1. The van der Waals surface area contributed by atoms with Gasteiger partial charge in [0.1, 0.15) is 0 Å². The minimum Gasteiger partial charge on any atom is -0.494 e. The van der Waals surface area contributed by atoms with Gasteiger partial charge in [-0.25, -0.2) is 4.39 Å². The van der Waals surface area contributed by atoms with Crippen LogP contribution in [0.2, 0.25) is 0 Å². The van der Waals surface area contributed by atoms with Crippen molar-refractivity contribution in [2.45, 2.75) is 38.1 Å². The Kier molecular flexibility index (Phi) is 5.54. The van der Waals surface area contributed by atoms with Crippen molar-refractivity contribution in [2.24, 2.45) is 5.92 Å². The van der Waals surface area contributed by atoms with Crippen LogP contribution in [0, 0.1) is 11.7 Å². The van der Waals surface area contributed by atoms with Crippen molar-refractivity contribution in [3.63, 3.8) is 0 Å². The standard InChI is InChI=1S/C19H22FNO5/c1-25-17-7-6-12(8-15(17)20)16(22)11-26-19(24)13-9-18(23)21(10-13)14-4-2-3-5-14/h6-8,13-14H,2-5,9-11H2,1H3/t13-/m0/s1. The number of ether oxygens (including phenoxy) is 2. The fourth-order valence-electron chi connectivity index (χ4n) is 3.64. The van der Waals surface area contributed by atoms with E-state index in [1.807, 2.05) is 0 Å². The number of methoxy groups -OCH3 is 1. The summed E-state index contributed by atoms with van der Waals surface area (Å²) in [6.45, 7) is -0.119. The molecule has 0 aromatic heterocycles. The average Bonchev–Trinajstić information content (AvgIpc) is 3.28. The minimum absolute atomic E-state index is 0.0256. The summed E-state index contributed by atoms with van der Waals surface area (Å²) in [5.41, 5.74) is 0.103. The number of hydrogen-bond donors (Lipinski definition) is 0. The van der Waals surface area contributed by atoms with E-state index in [2.05, 4.69) is 0 Å². The van der Waals surface area contributed by atoms with Gasteiger partial charge in [0.05, 0.1) is 13.0 Å². The maximum Gasteiger partial charge on any atom is 0.311 e. The Bertz CT molecular complexity index is 714. The van der Waals surface area contributed by atoms with Crippen LogP contribution in [-0.2, 0) is 14.3 Å². The predicted octanol–water partition coefficient (Wildman–Crippen LogP) is 2.35. The molecular weight excluding hydrogens is 341 g/mol. The molecule has 140 valence electrons. The number of rotatable bonds is 6. The van der Waals surface area contributed by atoms with Gasteiger partial charge in [0.2, 0.25) is 5.91 Å². The molecule has 0 N–H and O–H groups in total. The number of carbonyl (C=O) groups excluding carboxylic acids is 3. The van der Waals surface area contributed by atoms with Crippen molar-refractivity contribution in [2.75, 3.05) is 20.3 Å². The molecule has 0 spiro atoms. The molecular formula is C19H22FNO5. The highest BCUT2D eigenvalue weighted by molar-refractivity contribution is 5.98. The molecule has 7 heteroatoms. The summed E-state index contributed by atoms with van der Waals surface area (Å²) in [6, 6.07) is 4.04. The number of ketones is 1. The second-order valence-electron chi connectivity index (χ2n) is 6.77. The van der Waals surface area contributed by atoms with Crippen molar-refractivity contribution in [1.29, 1.82) is 0 Å². The molecule has 1 heterocycles. The Morgan fingerprint density at radius 2 is 2.00 bits per heavy atom. The number of benzene rings is 1. The van der Waals surface area contributed by atoms with E-state index in [1.165, 1.54) is 19.2 Å². The summed E-state index contributed by atoms with van der Waals surface area (Å²) in [7, 11) is 1.33. The molecule has 1 aliphatic heterocycles. The van der Waals surface area contributed by atoms with Crippen LogP contribution in [-0.4, -0.2) is 48.9 Å². The molecule has 1 aromatic carbocycles. The Hall–Kier alpha value is -2.44. The van der Waals surface area contributed by atoms with Gasteiger partial charge < -0.3 is 14.4 Å². The lowest BCUT2D eigenvalue weighted by Crippen LogP contribution is -2.35. The van der Waals surface area contributed by atoms with Gasteiger partial charge in [-0.3, -0.25) is 14.4 Å². The highest BCUT2D eigenvalue weighted by atomic mass is 19.1. The molecule has 0 radical (unpaired) electrons. The first kappa shape index (κ1) is 18.4. The fourth-order valence-corrected chi connectivity index (χ4v) is 3.64. The molecule has 3 rings (SSSR count). The lowest BCUT2D eigenvalue weighted by Gasteiger charge is -2.23. The Morgan fingerprint density at radius 1 is 1.27 bits per heavy atom. The molecule has 26 heavy (non-hydrogen) atoms. The maximum absolute atomic E-state index is 13.7. The summed E-state index contributed by atoms with van der Waals surface area (Å²) in [6.07, 6.45) is 4.30. The summed E-state index contributed by atoms with van der Waals surface area (Å²) >= 11 is 0. The van der Waals surface area contributed by atoms with Crippen LogP contribution in [0.4, 0.5) is 4.39 Å². The van der Waals surface area contributed by atoms with Crippen molar-refractivity contribution < 1.29 is 28.2 Å². The largest absolute Gasteiger partial charge is 0.494 e. The van der Waals surface area contributed by atoms with Gasteiger partial charge in [0, 0.05) is 24.6 Å². The van der Waals surface area contributed by atoms with E-state index in [4.69, 9.17) is 9.47 Å². The van der Waals surface area contributed by atoms with Gasteiger partial charge in [0.15, 0.2) is 24.0 Å². The lowest BCUT2D eigenvalue weighted by molar-refractivity contribution is -0.147. The fraction of sp³-hybridized carbons (Fsp3) is 0.526. The van der Waals surface area contributed by atoms with Crippen LogP contribution in [0.25, 0.3) is 0 Å². The second kappa shape index (κ2) is 7.85. The van der Waals surface area contributed by atoms with E-state index in [9.17, 15) is 18.8 Å². The van der Waals surface area contributed by atoms with Crippen LogP contribution in [0.5, 0.6) is 5.75 Å². The number of Topliss-reactive ketones (excluding diaryl/α,β-unsaturated/α-hetero) is 1. The Labute approximate surface area is 151 Å².